The fourth-order valence-corrected chi connectivity index (χ4v) is 3.49. The highest BCUT2D eigenvalue weighted by Crippen LogP contribution is 2.18. The first-order valence-corrected chi connectivity index (χ1v) is 11.3. The molecule has 0 bridgehead atoms. The van der Waals surface area contributed by atoms with E-state index in [0.29, 0.717) is 25.7 Å². The Balaban J connectivity index is 1.76. The number of rotatable bonds is 7. The van der Waals surface area contributed by atoms with Gasteiger partial charge in [0.15, 0.2) is 5.96 Å². The molecule has 8 nitrogen and oxygen atoms in total. The largest absolute Gasteiger partial charge is 0.444 e. The zero-order chi connectivity index (χ0) is 22.9. The molecule has 2 rings (SSSR count). The van der Waals surface area contributed by atoms with E-state index in [1.165, 1.54) is 5.56 Å². The van der Waals surface area contributed by atoms with Crippen molar-refractivity contribution in [2.24, 2.45) is 4.99 Å². The SMILES string of the molecule is CCCN(CCNC(=NC)NC1CCN(c2ccc(C)cn2)CC1)C(=O)OC(C)(C)C. The maximum absolute atomic E-state index is 12.4. The first-order valence-electron chi connectivity index (χ1n) is 11.3. The molecule has 2 heterocycles. The lowest BCUT2D eigenvalue weighted by Crippen LogP contribution is -2.50. The number of anilines is 1. The first kappa shape index (κ1) is 24.8. The molecular formula is C23H40N6O2. The molecule has 1 amide bonds. The Hall–Kier alpha value is -2.51. The molecule has 0 unspecified atom stereocenters. The van der Waals surface area contributed by atoms with Gasteiger partial charge >= 0.3 is 6.09 Å². The Labute approximate surface area is 187 Å². The third-order valence-electron chi connectivity index (χ3n) is 5.10. The van der Waals surface area contributed by atoms with E-state index in [2.05, 4.69) is 51.5 Å². The van der Waals surface area contributed by atoms with Gasteiger partial charge in [0.05, 0.1) is 0 Å². The minimum atomic E-state index is -0.489. The van der Waals surface area contributed by atoms with Crippen LogP contribution >= 0.6 is 0 Å². The minimum absolute atomic E-state index is 0.267. The van der Waals surface area contributed by atoms with E-state index in [1.54, 1.807) is 11.9 Å². The molecule has 1 aromatic heterocycles. The van der Waals surface area contributed by atoms with E-state index < -0.39 is 5.60 Å². The zero-order valence-corrected chi connectivity index (χ0v) is 20.1. The Bertz CT molecular complexity index is 706. The molecule has 0 atom stereocenters. The average molecular weight is 433 g/mol. The number of carbonyl (C=O) groups is 1. The van der Waals surface area contributed by atoms with E-state index in [-0.39, 0.29) is 6.09 Å². The summed E-state index contributed by atoms with van der Waals surface area (Å²) in [5, 5.41) is 6.85. The van der Waals surface area contributed by atoms with Gasteiger partial charge in [0.2, 0.25) is 0 Å². The summed E-state index contributed by atoms with van der Waals surface area (Å²) in [5.41, 5.74) is 0.691. The van der Waals surface area contributed by atoms with E-state index >= 15 is 0 Å². The molecule has 0 spiro atoms. The van der Waals surface area contributed by atoms with Gasteiger partial charge in [-0.2, -0.15) is 0 Å². The fourth-order valence-electron chi connectivity index (χ4n) is 3.49. The zero-order valence-electron chi connectivity index (χ0n) is 20.1. The highest BCUT2D eigenvalue weighted by molar-refractivity contribution is 5.80. The predicted molar refractivity (Wildman–Crippen MR) is 127 cm³/mol. The van der Waals surface area contributed by atoms with Crippen LogP contribution in [0, 0.1) is 6.92 Å². The topological polar surface area (TPSA) is 82.1 Å². The second-order valence-electron chi connectivity index (χ2n) is 9.07. The number of hydrogen-bond acceptors (Lipinski definition) is 5. The highest BCUT2D eigenvalue weighted by atomic mass is 16.6. The average Bonchev–Trinajstić information content (AvgIpc) is 2.72. The summed E-state index contributed by atoms with van der Waals surface area (Å²) in [7, 11) is 1.78. The van der Waals surface area contributed by atoms with Gasteiger partial charge in [-0.05, 0) is 58.6 Å². The van der Waals surface area contributed by atoms with E-state index in [0.717, 1.165) is 44.1 Å². The van der Waals surface area contributed by atoms with Crippen LogP contribution in [0.1, 0.15) is 52.5 Å². The molecule has 1 saturated heterocycles. The van der Waals surface area contributed by atoms with Gasteiger partial charge in [0.25, 0.3) is 0 Å². The lowest BCUT2D eigenvalue weighted by molar-refractivity contribution is 0.0253. The van der Waals surface area contributed by atoms with Gasteiger partial charge in [-0.3, -0.25) is 4.99 Å². The number of aryl methyl sites for hydroxylation is 1. The quantitative estimate of drug-likeness (QED) is 0.509. The molecule has 1 aromatic rings. The molecule has 1 aliphatic heterocycles. The van der Waals surface area contributed by atoms with Crippen LogP contribution in [0.4, 0.5) is 10.6 Å². The second kappa shape index (κ2) is 11.8. The van der Waals surface area contributed by atoms with Crippen molar-refractivity contribution in [3.8, 4) is 0 Å². The normalized spacial score (nSPS) is 15.5. The van der Waals surface area contributed by atoms with Gasteiger partial charge in [0, 0.05) is 52.0 Å². The minimum Gasteiger partial charge on any atom is -0.444 e. The van der Waals surface area contributed by atoms with Crippen LogP contribution in [-0.4, -0.2) is 73.4 Å². The number of ether oxygens (including phenoxy) is 1. The van der Waals surface area contributed by atoms with Crippen LogP contribution in [0.25, 0.3) is 0 Å². The number of carbonyl (C=O) groups excluding carboxylic acids is 1. The van der Waals surface area contributed by atoms with E-state index in [9.17, 15) is 4.79 Å². The van der Waals surface area contributed by atoms with Crippen LogP contribution < -0.4 is 15.5 Å². The summed E-state index contributed by atoms with van der Waals surface area (Å²) in [6.07, 6.45) is 4.59. The Morgan fingerprint density at radius 2 is 2.00 bits per heavy atom. The summed E-state index contributed by atoms with van der Waals surface area (Å²) in [4.78, 5) is 25.4. The van der Waals surface area contributed by atoms with Gasteiger partial charge < -0.3 is 25.2 Å². The van der Waals surface area contributed by atoms with Crippen molar-refractivity contribution < 1.29 is 9.53 Å². The molecular weight excluding hydrogens is 392 g/mol. The fraction of sp³-hybridized carbons (Fsp3) is 0.696. The number of aliphatic imine (C=N–C) groups is 1. The van der Waals surface area contributed by atoms with Crippen molar-refractivity contribution >= 4 is 17.9 Å². The predicted octanol–water partition coefficient (Wildman–Crippen LogP) is 3.17. The van der Waals surface area contributed by atoms with Gasteiger partial charge in [-0.15, -0.1) is 0 Å². The van der Waals surface area contributed by atoms with E-state index in [4.69, 9.17) is 4.74 Å². The summed E-state index contributed by atoms with van der Waals surface area (Å²) in [6, 6.07) is 4.57. The second-order valence-corrected chi connectivity index (χ2v) is 9.07. The van der Waals surface area contributed by atoms with Crippen molar-refractivity contribution in [2.45, 2.75) is 65.5 Å². The molecule has 174 valence electrons. The number of piperidine rings is 1. The Morgan fingerprint density at radius 1 is 1.29 bits per heavy atom. The molecule has 31 heavy (non-hydrogen) atoms. The van der Waals surface area contributed by atoms with Crippen LogP contribution in [0.3, 0.4) is 0 Å². The number of pyridine rings is 1. The number of amides is 1. The summed E-state index contributed by atoms with van der Waals surface area (Å²) in [5.74, 6) is 1.82. The van der Waals surface area contributed by atoms with Crippen molar-refractivity contribution in [3.05, 3.63) is 23.9 Å². The smallest absolute Gasteiger partial charge is 0.410 e. The number of nitrogens with one attached hydrogen (secondary N) is 2. The van der Waals surface area contributed by atoms with Gasteiger partial charge in [-0.1, -0.05) is 13.0 Å². The molecule has 1 fully saturated rings. The lowest BCUT2D eigenvalue weighted by Gasteiger charge is -2.34. The summed E-state index contributed by atoms with van der Waals surface area (Å²) >= 11 is 0. The maximum atomic E-state index is 12.4. The van der Waals surface area contributed by atoms with Crippen molar-refractivity contribution in [2.75, 3.05) is 44.7 Å². The number of nitrogens with zero attached hydrogens (tertiary/aromatic N) is 4. The molecule has 8 heteroatoms. The number of aromatic nitrogens is 1. The molecule has 0 aliphatic carbocycles. The van der Waals surface area contributed by atoms with Crippen molar-refractivity contribution in [1.82, 2.24) is 20.5 Å². The third-order valence-corrected chi connectivity index (χ3v) is 5.10. The van der Waals surface area contributed by atoms with Crippen molar-refractivity contribution in [3.63, 3.8) is 0 Å². The molecule has 2 N–H and O–H groups in total. The monoisotopic (exact) mass is 432 g/mol. The van der Waals surface area contributed by atoms with Gasteiger partial charge in [0.1, 0.15) is 11.4 Å². The molecule has 0 aromatic carbocycles. The number of hydrogen-bond donors (Lipinski definition) is 2. The molecule has 1 aliphatic rings. The third kappa shape index (κ3) is 8.63. The van der Waals surface area contributed by atoms with Gasteiger partial charge in [-0.25, -0.2) is 9.78 Å². The molecule has 0 radical (unpaired) electrons. The van der Waals surface area contributed by atoms with Crippen LogP contribution in [0.2, 0.25) is 0 Å². The first-order chi connectivity index (χ1) is 14.7. The Kier molecular flexibility index (Phi) is 9.40. The lowest BCUT2D eigenvalue weighted by atomic mass is 10.1. The molecule has 0 saturated carbocycles. The highest BCUT2D eigenvalue weighted by Gasteiger charge is 2.23. The Morgan fingerprint density at radius 3 is 2.55 bits per heavy atom. The van der Waals surface area contributed by atoms with Crippen LogP contribution in [0.15, 0.2) is 23.3 Å². The standard InChI is InChI=1S/C23H40N6O2/c1-7-13-29(22(30)31-23(3,4)5)16-12-25-21(24-6)27-19-10-14-28(15-11-19)20-9-8-18(2)17-26-20/h8-9,17,19H,7,10-16H2,1-6H3,(H2,24,25,27). The summed E-state index contributed by atoms with van der Waals surface area (Å²) in [6.45, 7) is 13.6. The summed E-state index contributed by atoms with van der Waals surface area (Å²) < 4.78 is 5.51. The van der Waals surface area contributed by atoms with Crippen molar-refractivity contribution in [1.29, 1.82) is 0 Å². The van der Waals surface area contributed by atoms with E-state index in [1.807, 2.05) is 27.0 Å². The van der Waals surface area contributed by atoms with Crippen LogP contribution in [-0.2, 0) is 4.74 Å². The van der Waals surface area contributed by atoms with Crippen LogP contribution in [0.5, 0.6) is 0 Å². The maximum Gasteiger partial charge on any atom is 0.410 e. The number of guanidine groups is 1.